The van der Waals surface area contributed by atoms with E-state index in [0.29, 0.717) is 16.6 Å². The van der Waals surface area contributed by atoms with Crippen molar-refractivity contribution in [2.75, 3.05) is 25.3 Å². The van der Waals surface area contributed by atoms with Crippen molar-refractivity contribution in [3.63, 3.8) is 0 Å². The van der Waals surface area contributed by atoms with Gasteiger partial charge in [-0.3, -0.25) is 0 Å². The summed E-state index contributed by atoms with van der Waals surface area (Å²) < 4.78 is 37.7. The molecule has 19 heavy (non-hydrogen) atoms. The first kappa shape index (κ1) is 14.3. The first-order valence-electron chi connectivity index (χ1n) is 5.46. The fourth-order valence-electron chi connectivity index (χ4n) is 1.53. The molecular weight excluding hydrogens is 288 g/mol. The molecule has 1 aliphatic rings. The average molecular weight is 302 g/mol. The van der Waals surface area contributed by atoms with Gasteiger partial charge in [0.25, 0.3) is 10.0 Å². The second-order valence-electron chi connectivity index (χ2n) is 3.70. The van der Waals surface area contributed by atoms with Crippen LogP contribution in [-0.2, 0) is 19.5 Å². The molecule has 0 radical (unpaired) electrons. The molecule has 0 bridgehead atoms. The van der Waals surface area contributed by atoms with Crippen LogP contribution < -0.4 is 5.32 Å². The molecule has 0 atom stereocenters. The molecule has 8 heteroatoms. The molecule has 1 aliphatic heterocycles. The van der Waals surface area contributed by atoms with Crippen molar-refractivity contribution in [1.29, 1.82) is 0 Å². The van der Waals surface area contributed by atoms with Gasteiger partial charge in [0.1, 0.15) is 4.90 Å². The molecule has 0 saturated carbocycles. The standard InChI is InChI=1S/C11H14N2O4S2/c1-16-10(17-2)7-18-11-12-8-5-3-4-6-9(8)19(14,15)13-11/h3-6,10H,7H2,1-2H3,(H,12,13). The molecular formula is C11H14N2O4S2. The number of methoxy groups -OCH3 is 2. The van der Waals surface area contributed by atoms with Gasteiger partial charge >= 0.3 is 0 Å². The van der Waals surface area contributed by atoms with Crippen LogP contribution >= 0.6 is 11.8 Å². The predicted octanol–water partition coefficient (Wildman–Crippen LogP) is 1.51. The van der Waals surface area contributed by atoms with Crippen molar-refractivity contribution >= 4 is 32.6 Å². The largest absolute Gasteiger partial charge is 0.355 e. The van der Waals surface area contributed by atoms with E-state index >= 15 is 0 Å². The van der Waals surface area contributed by atoms with Gasteiger partial charge in [0.2, 0.25) is 0 Å². The van der Waals surface area contributed by atoms with E-state index < -0.39 is 16.3 Å². The number of para-hydroxylation sites is 1. The van der Waals surface area contributed by atoms with Gasteiger partial charge in [-0.15, -0.1) is 4.40 Å². The van der Waals surface area contributed by atoms with Crippen LogP contribution in [0.2, 0.25) is 0 Å². The molecule has 0 amide bonds. The van der Waals surface area contributed by atoms with E-state index in [0.717, 1.165) is 0 Å². The highest BCUT2D eigenvalue weighted by molar-refractivity contribution is 8.14. The lowest BCUT2D eigenvalue weighted by Gasteiger charge is -2.19. The van der Waals surface area contributed by atoms with E-state index in [4.69, 9.17) is 9.47 Å². The van der Waals surface area contributed by atoms with E-state index in [1.54, 1.807) is 18.2 Å². The maximum absolute atomic E-state index is 12.0. The van der Waals surface area contributed by atoms with Crippen molar-refractivity contribution in [2.45, 2.75) is 11.2 Å². The first-order valence-corrected chi connectivity index (χ1v) is 7.89. The molecule has 0 saturated heterocycles. The number of benzene rings is 1. The Balaban J connectivity index is 2.16. The Hall–Kier alpha value is -1.09. The summed E-state index contributed by atoms with van der Waals surface area (Å²) in [6.07, 6.45) is -0.408. The fraction of sp³-hybridized carbons (Fsp3) is 0.364. The highest BCUT2D eigenvalue weighted by Gasteiger charge is 2.24. The molecule has 1 aromatic rings. The molecule has 6 nitrogen and oxygen atoms in total. The number of anilines is 1. The molecule has 0 aliphatic carbocycles. The summed E-state index contributed by atoms with van der Waals surface area (Å²) in [5.41, 5.74) is 0.534. The Kier molecular flexibility index (Phi) is 4.46. The summed E-state index contributed by atoms with van der Waals surface area (Å²) in [6.45, 7) is 0. The summed E-state index contributed by atoms with van der Waals surface area (Å²) >= 11 is 1.23. The number of amidine groups is 1. The predicted molar refractivity (Wildman–Crippen MR) is 74.9 cm³/mol. The smallest absolute Gasteiger partial charge is 0.286 e. The van der Waals surface area contributed by atoms with Crippen molar-refractivity contribution < 1.29 is 17.9 Å². The summed E-state index contributed by atoms with van der Waals surface area (Å²) in [6, 6.07) is 6.65. The van der Waals surface area contributed by atoms with Crippen molar-refractivity contribution in [2.24, 2.45) is 4.40 Å². The molecule has 0 spiro atoms. The summed E-state index contributed by atoms with van der Waals surface area (Å²) in [4.78, 5) is 0.189. The Bertz CT molecular complexity index is 582. The number of sulfonamides is 1. The third-order valence-electron chi connectivity index (χ3n) is 2.49. The molecule has 1 aromatic carbocycles. The highest BCUT2D eigenvalue weighted by Crippen LogP contribution is 2.29. The normalized spacial score (nSPS) is 16.7. The van der Waals surface area contributed by atoms with Gasteiger partial charge in [0.15, 0.2) is 11.5 Å². The van der Waals surface area contributed by atoms with Crippen LogP contribution in [0.25, 0.3) is 0 Å². The number of rotatable bonds is 4. The topological polar surface area (TPSA) is 77.0 Å². The monoisotopic (exact) mass is 302 g/mol. The highest BCUT2D eigenvalue weighted by atomic mass is 32.2. The zero-order valence-electron chi connectivity index (χ0n) is 10.5. The van der Waals surface area contributed by atoms with Crippen LogP contribution in [0, 0.1) is 0 Å². The van der Waals surface area contributed by atoms with Gasteiger partial charge in [-0.2, -0.15) is 8.42 Å². The van der Waals surface area contributed by atoms with Crippen LogP contribution in [0.4, 0.5) is 5.69 Å². The Morgan fingerprint density at radius 2 is 2.00 bits per heavy atom. The van der Waals surface area contributed by atoms with Crippen LogP contribution in [0.15, 0.2) is 33.6 Å². The van der Waals surface area contributed by atoms with E-state index in [9.17, 15) is 8.42 Å². The lowest BCUT2D eigenvalue weighted by molar-refractivity contribution is -0.0841. The Morgan fingerprint density at radius 1 is 1.32 bits per heavy atom. The molecule has 1 N–H and O–H groups in total. The number of hydrogen-bond acceptors (Lipinski definition) is 6. The molecule has 1 heterocycles. The number of nitrogens with one attached hydrogen (secondary N) is 1. The van der Waals surface area contributed by atoms with Gasteiger partial charge in [-0.1, -0.05) is 23.9 Å². The minimum absolute atomic E-state index is 0.189. The van der Waals surface area contributed by atoms with Gasteiger partial charge in [0.05, 0.1) is 11.4 Å². The maximum atomic E-state index is 12.0. The molecule has 104 valence electrons. The molecule has 0 fully saturated rings. The zero-order valence-corrected chi connectivity index (χ0v) is 12.1. The fourth-order valence-corrected chi connectivity index (χ4v) is 3.80. The van der Waals surface area contributed by atoms with E-state index in [-0.39, 0.29) is 4.90 Å². The zero-order chi connectivity index (χ0) is 13.9. The number of fused-ring (bicyclic) bond motifs is 1. The summed E-state index contributed by atoms with van der Waals surface area (Å²) in [5, 5.41) is 3.30. The van der Waals surface area contributed by atoms with Gasteiger partial charge in [-0.25, -0.2) is 0 Å². The summed E-state index contributed by atoms with van der Waals surface area (Å²) in [5.74, 6) is 0.441. The SMILES string of the molecule is COC(CSC1=NS(=O)(=O)c2ccccc2N1)OC. The van der Waals surface area contributed by atoms with Crippen molar-refractivity contribution in [3.8, 4) is 0 Å². The first-order chi connectivity index (χ1) is 9.06. The lowest BCUT2D eigenvalue weighted by atomic mass is 10.3. The quantitative estimate of drug-likeness (QED) is 0.850. The van der Waals surface area contributed by atoms with Crippen LogP contribution in [0.5, 0.6) is 0 Å². The minimum Gasteiger partial charge on any atom is -0.355 e. The molecule has 0 unspecified atom stereocenters. The Morgan fingerprint density at radius 3 is 2.68 bits per heavy atom. The second-order valence-corrected chi connectivity index (χ2v) is 6.29. The molecule has 0 aromatic heterocycles. The van der Waals surface area contributed by atoms with Gasteiger partial charge in [0, 0.05) is 14.2 Å². The molecule has 2 rings (SSSR count). The van der Waals surface area contributed by atoms with Crippen LogP contribution in [0.1, 0.15) is 0 Å². The van der Waals surface area contributed by atoms with Crippen LogP contribution in [0.3, 0.4) is 0 Å². The van der Waals surface area contributed by atoms with Gasteiger partial charge in [-0.05, 0) is 12.1 Å². The van der Waals surface area contributed by atoms with Crippen molar-refractivity contribution in [3.05, 3.63) is 24.3 Å². The lowest BCUT2D eigenvalue weighted by Crippen LogP contribution is -2.22. The number of hydrogen-bond donors (Lipinski definition) is 1. The van der Waals surface area contributed by atoms with Crippen molar-refractivity contribution in [1.82, 2.24) is 0 Å². The van der Waals surface area contributed by atoms with E-state index in [2.05, 4.69) is 9.71 Å². The third-order valence-corrected chi connectivity index (χ3v) is 4.85. The Labute approximate surface area is 116 Å². The maximum Gasteiger partial charge on any atom is 0.286 e. The summed E-state index contributed by atoms with van der Waals surface area (Å²) in [7, 11) is -0.580. The number of thioether (sulfide) groups is 1. The average Bonchev–Trinajstić information content (AvgIpc) is 2.39. The van der Waals surface area contributed by atoms with Crippen LogP contribution in [-0.4, -0.2) is 39.8 Å². The second kappa shape index (κ2) is 5.91. The number of ether oxygens (including phenoxy) is 2. The van der Waals surface area contributed by atoms with Gasteiger partial charge < -0.3 is 14.8 Å². The third kappa shape index (κ3) is 3.27. The minimum atomic E-state index is -3.63. The van der Waals surface area contributed by atoms with E-state index in [1.165, 1.54) is 32.0 Å². The van der Waals surface area contributed by atoms with E-state index in [1.807, 2.05) is 0 Å². The number of nitrogens with zero attached hydrogens (tertiary/aromatic N) is 1.